The molecule has 0 atom stereocenters. The summed E-state index contributed by atoms with van der Waals surface area (Å²) >= 11 is 6.28. The quantitative estimate of drug-likeness (QED) is 0.837. The SMILES string of the molecule is C=CCC1(N)CCC(Oc2cc3cc[nH]c(=O)c3cc2Cl)CC1. The highest BCUT2D eigenvalue weighted by molar-refractivity contribution is 6.32. The molecule has 0 aliphatic heterocycles. The molecule has 0 bridgehead atoms. The Morgan fingerprint density at radius 3 is 2.87 bits per heavy atom. The third kappa shape index (κ3) is 3.43. The molecular weight excluding hydrogens is 312 g/mol. The fourth-order valence-corrected chi connectivity index (χ4v) is 3.44. The number of ether oxygens (including phenoxy) is 1. The van der Waals surface area contributed by atoms with Crippen LogP contribution in [0, 0.1) is 0 Å². The molecule has 1 heterocycles. The van der Waals surface area contributed by atoms with Crippen LogP contribution in [-0.2, 0) is 0 Å². The maximum Gasteiger partial charge on any atom is 0.255 e. The summed E-state index contributed by atoms with van der Waals surface area (Å²) in [4.78, 5) is 14.4. The third-order valence-corrected chi connectivity index (χ3v) is 4.89. The first-order valence-corrected chi connectivity index (χ1v) is 8.26. The van der Waals surface area contributed by atoms with Gasteiger partial charge >= 0.3 is 0 Å². The van der Waals surface area contributed by atoms with Crippen LogP contribution in [-0.4, -0.2) is 16.6 Å². The molecule has 1 aliphatic carbocycles. The fraction of sp³-hybridized carbons (Fsp3) is 0.389. The Hall–Kier alpha value is -1.78. The summed E-state index contributed by atoms with van der Waals surface area (Å²) in [6, 6.07) is 5.34. The third-order valence-electron chi connectivity index (χ3n) is 4.60. The molecule has 1 saturated carbocycles. The molecule has 4 nitrogen and oxygen atoms in total. The van der Waals surface area contributed by atoms with Crippen LogP contribution >= 0.6 is 11.6 Å². The molecule has 122 valence electrons. The second-order valence-electron chi connectivity index (χ2n) is 6.35. The predicted molar refractivity (Wildman–Crippen MR) is 94.2 cm³/mol. The topological polar surface area (TPSA) is 68.1 Å². The minimum atomic E-state index is -0.151. The summed E-state index contributed by atoms with van der Waals surface area (Å²) in [6.07, 6.45) is 8.07. The number of hydrogen-bond donors (Lipinski definition) is 2. The Balaban J connectivity index is 1.76. The number of halogens is 1. The number of aromatic amines is 1. The van der Waals surface area contributed by atoms with Gasteiger partial charge in [0.15, 0.2) is 0 Å². The van der Waals surface area contributed by atoms with Gasteiger partial charge in [0, 0.05) is 17.1 Å². The lowest BCUT2D eigenvalue weighted by Gasteiger charge is -2.36. The summed E-state index contributed by atoms with van der Waals surface area (Å²) < 4.78 is 6.08. The molecule has 0 spiro atoms. The Morgan fingerprint density at radius 1 is 1.43 bits per heavy atom. The van der Waals surface area contributed by atoms with E-state index in [1.807, 2.05) is 18.2 Å². The second-order valence-corrected chi connectivity index (χ2v) is 6.76. The van der Waals surface area contributed by atoms with Crippen LogP contribution in [0.2, 0.25) is 5.02 Å². The number of aromatic nitrogens is 1. The molecule has 3 N–H and O–H groups in total. The van der Waals surface area contributed by atoms with Gasteiger partial charge in [-0.1, -0.05) is 17.7 Å². The average Bonchev–Trinajstić information content (AvgIpc) is 2.52. The maximum absolute atomic E-state index is 11.8. The van der Waals surface area contributed by atoms with Gasteiger partial charge in [-0.25, -0.2) is 0 Å². The Labute approximate surface area is 140 Å². The molecular formula is C18H21ClN2O2. The Morgan fingerprint density at radius 2 is 2.17 bits per heavy atom. The van der Waals surface area contributed by atoms with Crippen molar-refractivity contribution in [3.8, 4) is 5.75 Å². The summed E-state index contributed by atoms with van der Waals surface area (Å²) in [5.41, 5.74) is 6.06. The first-order valence-electron chi connectivity index (χ1n) is 7.88. The summed E-state index contributed by atoms with van der Waals surface area (Å²) in [6.45, 7) is 3.78. The molecule has 0 amide bonds. The number of H-pyrrole nitrogens is 1. The van der Waals surface area contributed by atoms with Gasteiger partial charge in [0.2, 0.25) is 0 Å². The zero-order valence-corrected chi connectivity index (χ0v) is 13.7. The van der Waals surface area contributed by atoms with Gasteiger partial charge in [0.25, 0.3) is 5.56 Å². The highest BCUT2D eigenvalue weighted by atomic mass is 35.5. The number of pyridine rings is 1. The molecule has 0 unspecified atom stereocenters. The van der Waals surface area contributed by atoms with Crippen LogP contribution in [0.4, 0.5) is 0 Å². The lowest BCUT2D eigenvalue weighted by Crippen LogP contribution is -2.44. The van der Waals surface area contributed by atoms with Gasteiger partial charge in [-0.3, -0.25) is 4.79 Å². The van der Waals surface area contributed by atoms with Crippen LogP contribution in [0.5, 0.6) is 5.75 Å². The van der Waals surface area contributed by atoms with E-state index in [2.05, 4.69) is 11.6 Å². The van der Waals surface area contributed by atoms with Crippen molar-refractivity contribution in [3.63, 3.8) is 0 Å². The summed E-state index contributed by atoms with van der Waals surface area (Å²) in [5, 5.41) is 1.86. The number of rotatable bonds is 4. The zero-order chi connectivity index (χ0) is 16.4. The Bertz CT molecular complexity index is 776. The average molecular weight is 333 g/mol. The molecule has 1 aliphatic rings. The smallest absolute Gasteiger partial charge is 0.255 e. The number of benzene rings is 1. The van der Waals surface area contributed by atoms with Gasteiger partial charge in [-0.2, -0.15) is 0 Å². The standard InChI is InChI=1S/C18H21ClN2O2/c1-2-6-18(20)7-3-13(4-8-18)23-16-10-12-5-9-21-17(22)14(12)11-15(16)19/h2,5,9-11,13H,1,3-4,6-8,20H2,(H,21,22). The van der Waals surface area contributed by atoms with Gasteiger partial charge in [-0.15, -0.1) is 6.58 Å². The minimum absolute atomic E-state index is 0.105. The lowest BCUT2D eigenvalue weighted by atomic mass is 9.79. The molecule has 3 rings (SSSR count). The highest BCUT2D eigenvalue weighted by Crippen LogP contribution is 2.35. The number of nitrogens with one attached hydrogen (secondary N) is 1. The maximum atomic E-state index is 11.8. The summed E-state index contributed by atoms with van der Waals surface area (Å²) in [5.74, 6) is 0.628. The van der Waals surface area contributed by atoms with Crippen molar-refractivity contribution in [2.75, 3.05) is 0 Å². The van der Waals surface area contributed by atoms with E-state index < -0.39 is 0 Å². The second kappa shape index (κ2) is 6.38. The first-order chi connectivity index (χ1) is 11.0. The normalized spacial score (nSPS) is 24.5. The van der Waals surface area contributed by atoms with E-state index in [9.17, 15) is 4.79 Å². The number of nitrogens with two attached hydrogens (primary N) is 1. The monoisotopic (exact) mass is 332 g/mol. The van der Waals surface area contributed by atoms with Crippen molar-refractivity contribution in [2.45, 2.75) is 43.7 Å². The first kappa shape index (κ1) is 16.1. The number of fused-ring (bicyclic) bond motifs is 1. The van der Waals surface area contributed by atoms with E-state index in [4.69, 9.17) is 22.1 Å². The molecule has 2 aromatic rings. The van der Waals surface area contributed by atoms with Crippen LogP contribution in [0.15, 0.2) is 41.8 Å². The lowest BCUT2D eigenvalue weighted by molar-refractivity contribution is 0.119. The van der Waals surface area contributed by atoms with Crippen molar-refractivity contribution in [1.82, 2.24) is 4.98 Å². The van der Waals surface area contributed by atoms with Gasteiger partial charge in [0.05, 0.1) is 11.1 Å². The molecule has 23 heavy (non-hydrogen) atoms. The van der Waals surface area contributed by atoms with Crippen molar-refractivity contribution in [3.05, 3.63) is 52.4 Å². The van der Waals surface area contributed by atoms with Gasteiger partial charge in [0.1, 0.15) is 5.75 Å². The van der Waals surface area contributed by atoms with Crippen molar-refractivity contribution in [1.29, 1.82) is 0 Å². The predicted octanol–water partition coefficient (Wildman–Crippen LogP) is 3.78. The zero-order valence-electron chi connectivity index (χ0n) is 13.0. The fourth-order valence-electron chi connectivity index (χ4n) is 3.23. The van der Waals surface area contributed by atoms with E-state index in [1.165, 1.54) is 0 Å². The van der Waals surface area contributed by atoms with Gasteiger partial charge in [-0.05, 0) is 55.7 Å². The number of hydrogen-bond acceptors (Lipinski definition) is 3. The van der Waals surface area contributed by atoms with Gasteiger partial charge < -0.3 is 15.5 Å². The molecule has 1 fully saturated rings. The van der Waals surface area contributed by atoms with Crippen LogP contribution in [0.25, 0.3) is 10.8 Å². The molecule has 1 aromatic heterocycles. The van der Waals surface area contributed by atoms with Crippen LogP contribution in [0.3, 0.4) is 0 Å². The van der Waals surface area contributed by atoms with Crippen molar-refractivity contribution >= 4 is 22.4 Å². The van der Waals surface area contributed by atoms with Crippen LogP contribution < -0.4 is 16.0 Å². The highest BCUT2D eigenvalue weighted by Gasteiger charge is 2.31. The van der Waals surface area contributed by atoms with E-state index in [0.717, 1.165) is 37.5 Å². The summed E-state index contributed by atoms with van der Waals surface area (Å²) in [7, 11) is 0. The minimum Gasteiger partial charge on any atom is -0.489 e. The van der Waals surface area contributed by atoms with E-state index >= 15 is 0 Å². The van der Waals surface area contributed by atoms with E-state index in [-0.39, 0.29) is 17.2 Å². The molecule has 0 radical (unpaired) electrons. The van der Waals surface area contributed by atoms with Crippen molar-refractivity contribution < 1.29 is 4.74 Å². The largest absolute Gasteiger partial charge is 0.489 e. The van der Waals surface area contributed by atoms with E-state index in [0.29, 0.717) is 16.2 Å². The molecule has 1 aromatic carbocycles. The van der Waals surface area contributed by atoms with Crippen molar-refractivity contribution in [2.24, 2.45) is 5.73 Å². The molecule has 0 saturated heterocycles. The van der Waals surface area contributed by atoms with Crippen LogP contribution in [0.1, 0.15) is 32.1 Å². The molecule has 5 heteroatoms. The van der Waals surface area contributed by atoms with E-state index in [1.54, 1.807) is 12.3 Å². The Kier molecular flexibility index (Phi) is 4.46.